The first-order valence-electron chi connectivity index (χ1n) is 28.2. The molecule has 0 radical (unpaired) electrons. The molecule has 4 atom stereocenters. The van der Waals surface area contributed by atoms with E-state index in [0.29, 0.717) is 124 Å². The second kappa shape index (κ2) is 27.7. The van der Waals surface area contributed by atoms with Gasteiger partial charge in [-0.3, -0.25) is 24.6 Å². The van der Waals surface area contributed by atoms with E-state index in [2.05, 4.69) is 58.1 Å². The van der Waals surface area contributed by atoms with Crippen LogP contribution in [0.15, 0.2) is 72.9 Å². The van der Waals surface area contributed by atoms with Crippen LogP contribution in [-0.4, -0.2) is 164 Å². The Morgan fingerprint density at radius 1 is 0.878 bits per heavy atom. The molecule has 6 amide bonds. The van der Waals surface area contributed by atoms with Crippen LogP contribution in [0.4, 0.5) is 37.3 Å². The van der Waals surface area contributed by atoms with Gasteiger partial charge in [-0.15, -0.1) is 10.2 Å². The molecule has 442 valence electrons. The maximum Gasteiger partial charge on any atom is 0.413 e. The van der Waals surface area contributed by atoms with Gasteiger partial charge >= 0.3 is 24.2 Å². The largest absolute Gasteiger partial charge is 0.476 e. The summed E-state index contributed by atoms with van der Waals surface area (Å²) < 4.78 is 33.9. The normalized spacial score (nSPS) is 18.8. The first kappa shape index (κ1) is 60.1. The van der Waals surface area contributed by atoms with E-state index in [0.717, 1.165) is 18.5 Å². The molecule has 2 aromatic heterocycles. The predicted octanol–water partition coefficient (Wildman–Crippen LogP) is 6.44. The minimum Gasteiger partial charge on any atom is -0.476 e. The highest BCUT2D eigenvalue weighted by molar-refractivity contribution is 6.06. The Kier molecular flexibility index (Phi) is 20.3. The van der Waals surface area contributed by atoms with Gasteiger partial charge in [0.15, 0.2) is 12.6 Å². The summed E-state index contributed by atoms with van der Waals surface area (Å²) in [5, 5.41) is 20.2. The quantitative estimate of drug-likeness (QED) is 0.0166. The number of ether oxygens (including phenoxy) is 6. The van der Waals surface area contributed by atoms with Gasteiger partial charge in [0, 0.05) is 100 Å². The number of nitrogens with one attached hydrogen (secondary N) is 4. The van der Waals surface area contributed by atoms with Crippen LogP contribution in [0, 0.1) is 5.41 Å². The number of aromatic nitrogens is 3. The molecule has 6 N–H and O–H groups in total. The number of amides is 6. The fraction of sp³-hybridized carbons (Fsp3) is 0.534. The van der Waals surface area contributed by atoms with Gasteiger partial charge in [-0.2, -0.15) is 0 Å². The molecule has 3 aliphatic heterocycles. The fourth-order valence-corrected chi connectivity index (χ4v) is 10.8. The first-order valence-corrected chi connectivity index (χ1v) is 28.2. The molecular weight excluding hydrogens is 1060 g/mol. The molecule has 0 spiro atoms. The van der Waals surface area contributed by atoms with Crippen molar-refractivity contribution in [3.63, 3.8) is 0 Å². The van der Waals surface area contributed by atoms with Gasteiger partial charge in [0.05, 0.1) is 18.0 Å². The number of unbranched alkanes of at least 4 members (excludes halogenated alkanes) is 1. The third-order valence-corrected chi connectivity index (χ3v) is 15.1. The van der Waals surface area contributed by atoms with Crippen molar-refractivity contribution in [3.8, 4) is 22.9 Å². The van der Waals surface area contributed by atoms with Gasteiger partial charge < -0.3 is 64.8 Å². The van der Waals surface area contributed by atoms with Gasteiger partial charge in [0.2, 0.25) is 17.7 Å². The third kappa shape index (κ3) is 15.5. The second-order valence-corrected chi connectivity index (χ2v) is 22.1. The standard InChI is InChI=1S/C58H78N12O12/c1-7-78-53(73)58(23-12-24-58)52(72)63-45(14-10-11-25-61-54(59)74)51(71)62-40-18-16-39(17-19-40)36-80-55(75)64-50-47(32-46(65-66-50)44-13-8-9-15-48(44)81-37-77-6)69-34-42-20-21-43(35-69)70(42)41-22-26-60-49(31-41)79-30-29-67-27-28-68(33-38(67)2)56(76)82-57(3,4)5/h8-9,13,15-19,22,26,31-32,38,42-43,45H,7,10-12,14,20-21,23-25,27-30,33-37H2,1-6H3,(H,62,71)(H,63,72)(H3,59,61,74)(H,64,66,75)/t38-,42?,43?,45+/m1/s1. The number of carbonyl (C=O) groups excluding carboxylic acids is 6. The number of nitrogens with zero attached hydrogens (tertiary/aromatic N) is 7. The molecule has 4 fully saturated rings. The molecule has 2 aromatic carbocycles. The maximum absolute atomic E-state index is 13.7. The number of primary amides is 1. The molecule has 24 nitrogen and oxygen atoms in total. The Balaban J connectivity index is 0.902. The number of methoxy groups -OCH3 is 1. The minimum absolute atomic E-state index is 0.0294. The molecule has 3 saturated heterocycles. The van der Waals surface area contributed by atoms with Gasteiger partial charge in [-0.05, 0) is 122 Å². The van der Waals surface area contributed by atoms with Gasteiger partial charge in [-0.1, -0.05) is 30.7 Å². The predicted molar refractivity (Wildman–Crippen MR) is 305 cm³/mol. The lowest BCUT2D eigenvalue weighted by atomic mass is 9.68. The van der Waals surface area contributed by atoms with E-state index in [9.17, 15) is 28.8 Å². The summed E-state index contributed by atoms with van der Waals surface area (Å²) in [6.45, 7) is 13.9. The average Bonchev–Trinajstić information content (AvgIpc) is 3.10. The summed E-state index contributed by atoms with van der Waals surface area (Å²) in [6, 6.07) is 18.8. The summed E-state index contributed by atoms with van der Waals surface area (Å²) in [4.78, 5) is 91.0. The zero-order chi connectivity index (χ0) is 58.4. The highest BCUT2D eigenvalue weighted by Gasteiger charge is 2.53. The summed E-state index contributed by atoms with van der Waals surface area (Å²) >= 11 is 0. The van der Waals surface area contributed by atoms with E-state index in [-0.39, 0.29) is 56.5 Å². The highest BCUT2D eigenvalue weighted by atomic mass is 16.7. The van der Waals surface area contributed by atoms with Crippen LogP contribution in [0.3, 0.4) is 0 Å². The summed E-state index contributed by atoms with van der Waals surface area (Å²) in [6.07, 6.45) is 5.11. The molecule has 1 aliphatic carbocycles. The van der Waals surface area contributed by atoms with Crippen LogP contribution < -0.4 is 46.3 Å². The Hall–Kier alpha value is -7.99. The van der Waals surface area contributed by atoms with Crippen LogP contribution >= 0.6 is 0 Å². The van der Waals surface area contributed by atoms with Crippen molar-refractivity contribution < 1.29 is 57.2 Å². The van der Waals surface area contributed by atoms with Crippen molar-refractivity contribution in [2.24, 2.45) is 11.1 Å². The Morgan fingerprint density at radius 3 is 2.32 bits per heavy atom. The lowest BCUT2D eigenvalue weighted by Gasteiger charge is -2.43. The average molecular weight is 1140 g/mol. The number of carbonyl (C=O) groups is 6. The van der Waals surface area contributed by atoms with Crippen molar-refractivity contribution in [1.29, 1.82) is 0 Å². The van der Waals surface area contributed by atoms with Crippen LogP contribution in [0.1, 0.15) is 91.5 Å². The SMILES string of the molecule is CCOC(=O)C1(C(=O)N[C@@H](CCCCNC(N)=O)C(=O)Nc2ccc(COC(=O)Nc3nnc(-c4ccccc4OCOC)cc3N3CC4CCC(C3)N4c3ccnc(OCCN4CCN(C(=O)OC(C)(C)C)C[C@H]4C)c3)cc2)CCC1. The number of piperazine rings is 2. The number of esters is 1. The summed E-state index contributed by atoms with van der Waals surface area (Å²) in [7, 11) is 1.55. The lowest BCUT2D eigenvalue weighted by molar-refractivity contribution is -0.167. The van der Waals surface area contributed by atoms with Crippen molar-refractivity contribution in [1.82, 2.24) is 35.6 Å². The van der Waals surface area contributed by atoms with E-state index in [1.807, 2.05) is 63.2 Å². The monoisotopic (exact) mass is 1130 g/mol. The maximum atomic E-state index is 13.7. The molecule has 2 unspecified atom stereocenters. The van der Waals surface area contributed by atoms with Crippen LogP contribution in [0.2, 0.25) is 0 Å². The number of para-hydroxylation sites is 1. The molecular formula is C58H78N12O12. The smallest absolute Gasteiger partial charge is 0.413 e. The van der Waals surface area contributed by atoms with Crippen molar-refractivity contribution in [2.75, 3.05) is 93.4 Å². The van der Waals surface area contributed by atoms with Gasteiger partial charge in [-0.25, -0.2) is 19.4 Å². The van der Waals surface area contributed by atoms with Gasteiger partial charge in [0.1, 0.15) is 36.0 Å². The molecule has 8 rings (SSSR count). The molecule has 4 aromatic rings. The fourth-order valence-electron chi connectivity index (χ4n) is 10.8. The Bertz CT molecular complexity index is 2850. The lowest BCUT2D eigenvalue weighted by Crippen LogP contribution is -2.56. The number of rotatable bonds is 24. The third-order valence-electron chi connectivity index (χ3n) is 15.1. The topological polar surface area (TPSA) is 284 Å². The molecule has 82 heavy (non-hydrogen) atoms. The number of fused-ring (bicyclic) bond motifs is 2. The van der Waals surface area contributed by atoms with Crippen LogP contribution in [0.5, 0.6) is 11.6 Å². The zero-order valence-corrected chi connectivity index (χ0v) is 47.8. The van der Waals surface area contributed by atoms with Crippen molar-refractivity contribution in [3.05, 3.63) is 78.5 Å². The van der Waals surface area contributed by atoms with Crippen molar-refractivity contribution >= 4 is 58.9 Å². The van der Waals surface area contributed by atoms with Crippen LogP contribution in [0.25, 0.3) is 11.3 Å². The Labute approximate surface area is 478 Å². The first-order chi connectivity index (χ1) is 39.4. The number of urea groups is 1. The van der Waals surface area contributed by atoms with E-state index >= 15 is 0 Å². The number of nitrogens with two attached hydrogens (primary N) is 1. The van der Waals surface area contributed by atoms with E-state index in [1.54, 1.807) is 49.4 Å². The summed E-state index contributed by atoms with van der Waals surface area (Å²) in [5.74, 6) is -0.361. The molecule has 1 saturated carbocycles. The van der Waals surface area contributed by atoms with Crippen LogP contribution in [-0.2, 0) is 39.9 Å². The van der Waals surface area contributed by atoms with Gasteiger partial charge in [0.25, 0.3) is 0 Å². The molecule has 5 heterocycles. The number of anilines is 4. The zero-order valence-electron chi connectivity index (χ0n) is 47.8. The van der Waals surface area contributed by atoms with E-state index in [4.69, 9.17) is 34.2 Å². The molecule has 4 aliphatic rings. The Morgan fingerprint density at radius 2 is 1.63 bits per heavy atom. The number of hydrogen-bond acceptors (Lipinski definition) is 18. The minimum atomic E-state index is -1.34. The molecule has 2 bridgehead atoms. The number of pyridine rings is 1. The highest BCUT2D eigenvalue weighted by Crippen LogP contribution is 2.43. The van der Waals surface area contributed by atoms with Crippen molar-refractivity contribution in [2.45, 2.75) is 122 Å². The number of benzene rings is 2. The van der Waals surface area contributed by atoms with E-state index < -0.39 is 47.0 Å². The molecule has 24 heteroatoms. The van der Waals surface area contributed by atoms with E-state index in [1.165, 1.54) is 0 Å². The second-order valence-electron chi connectivity index (χ2n) is 22.1. The summed E-state index contributed by atoms with van der Waals surface area (Å²) in [5.41, 5.74) is 7.24. The number of hydrogen-bond donors (Lipinski definition) is 5.